The molecule has 0 spiro atoms. The highest BCUT2D eigenvalue weighted by Crippen LogP contribution is 2.47. The van der Waals surface area contributed by atoms with Crippen molar-refractivity contribution in [1.29, 1.82) is 0 Å². The molecule has 0 N–H and O–H groups in total. The van der Waals surface area contributed by atoms with Crippen LogP contribution < -0.4 is 0 Å². The minimum absolute atomic E-state index is 1.09. The van der Waals surface area contributed by atoms with E-state index in [4.69, 9.17) is 0 Å². The second-order valence-corrected chi connectivity index (χ2v) is 4.82. The van der Waals surface area contributed by atoms with Gasteiger partial charge in [0.05, 0.1) is 0 Å². The fourth-order valence-corrected chi connectivity index (χ4v) is 3.53. The Morgan fingerprint density at radius 2 is 1.70 bits per heavy atom. The Morgan fingerprint density at radius 1 is 1.10 bits per heavy atom. The predicted molar refractivity (Wildman–Crippen MR) is 52.4 cm³/mol. The van der Waals surface area contributed by atoms with Crippen LogP contribution in [0.15, 0.2) is 0 Å². The Labute approximate surface area is 76.9 Å². The normalized spacial score (nSPS) is 40.5. The summed E-state index contributed by atoms with van der Waals surface area (Å²) in [6.07, 6.45) is 7.76. The Kier molecular flexibility index (Phi) is 2.21. The van der Waals surface area contributed by atoms with Crippen molar-refractivity contribution in [2.45, 2.75) is 32.1 Å². The fraction of sp³-hybridized carbons (Fsp3) is 1.00. The molecule has 0 nitrogen and oxygen atoms in total. The molecule has 1 heteroatoms. The molecule has 58 valence electrons. The maximum Gasteiger partial charge on any atom is 0.00239 e. The summed E-state index contributed by atoms with van der Waals surface area (Å²) in [6.45, 7) is 0. The monoisotopic (exact) mass is 250 g/mol. The van der Waals surface area contributed by atoms with Crippen molar-refractivity contribution < 1.29 is 0 Å². The summed E-state index contributed by atoms with van der Waals surface area (Å²) in [5.41, 5.74) is 0. The molecule has 10 heavy (non-hydrogen) atoms. The van der Waals surface area contributed by atoms with E-state index in [-0.39, 0.29) is 0 Å². The molecule has 2 aliphatic rings. The molecule has 0 amide bonds. The summed E-state index contributed by atoms with van der Waals surface area (Å²) < 4.78 is 1.41. The van der Waals surface area contributed by atoms with Gasteiger partial charge in [0.25, 0.3) is 0 Å². The summed E-state index contributed by atoms with van der Waals surface area (Å²) in [5.74, 6) is 3.40. The zero-order valence-electron chi connectivity index (χ0n) is 6.35. The lowest BCUT2D eigenvalue weighted by Crippen LogP contribution is -1.95. The van der Waals surface area contributed by atoms with Gasteiger partial charge in [0.15, 0.2) is 0 Å². The quantitative estimate of drug-likeness (QED) is 0.495. The van der Waals surface area contributed by atoms with E-state index in [1.807, 2.05) is 0 Å². The molecular formula is C9H15I. The average Bonchev–Trinajstić information content (AvgIpc) is 2.42. The van der Waals surface area contributed by atoms with E-state index in [2.05, 4.69) is 22.6 Å². The molecule has 0 saturated heterocycles. The third-order valence-electron chi connectivity index (χ3n) is 3.31. The molecule has 2 fully saturated rings. The zero-order chi connectivity index (χ0) is 6.97. The van der Waals surface area contributed by atoms with Gasteiger partial charge in [-0.1, -0.05) is 41.9 Å². The van der Waals surface area contributed by atoms with Crippen molar-refractivity contribution in [2.24, 2.45) is 17.8 Å². The van der Waals surface area contributed by atoms with Gasteiger partial charge in [-0.25, -0.2) is 0 Å². The van der Waals surface area contributed by atoms with Crippen LogP contribution in [0.25, 0.3) is 0 Å². The van der Waals surface area contributed by atoms with Crippen LogP contribution in [-0.2, 0) is 0 Å². The van der Waals surface area contributed by atoms with Crippen molar-refractivity contribution in [3.8, 4) is 0 Å². The van der Waals surface area contributed by atoms with E-state index in [9.17, 15) is 0 Å². The van der Waals surface area contributed by atoms with Crippen molar-refractivity contribution in [1.82, 2.24) is 0 Å². The lowest BCUT2D eigenvalue weighted by atomic mass is 10.0. The number of rotatable bonds is 1. The second kappa shape index (κ2) is 3.00. The van der Waals surface area contributed by atoms with Crippen molar-refractivity contribution in [3.63, 3.8) is 0 Å². The van der Waals surface area contributed by atoms with Gasteiger partial charge >= 0.3 is 0 Å². The average molecular weight is 250 g/mol. The van der Waals surface area contributed by atoms with E-state index in [0.29, 0.717) is 0 Å². The fourth-order valence-electron chi connectivity index (χ4n) is 2.81. The van der Waals surface area contributed by atoms with Crippen LogP contribution in [0, 0.1) is 17.8 Å². The Morgan fingerprint density at radius 3 is 2.20 bits per heavy atom. The third kappa shape index (κ3) is 1.21. The summed E-state index contributed by atoms with van der Waals surface area (Å²) in [7, 11) is 0. The van der Waals surface area contributed by atoms with Crippen LogP contribution in [0.3, 0.4) is 0 Å². The summed E-state index contributed by atoms with van der Waals surface area (Å²) in [6, 6.07) is 0. The zero-order valence-corrected chi connectivity index (χ0v) is 8.51. The third-order valence-corrected chi connectivity index (χ3v) is 4.55. The molecule has 0 aromatic rings. The molecule has 0 aliphatic heterocycles. The standard InChI is InChI=1S/C9H15I/c10-6-7-4-8-2-1-3-9(8)5-7/h7-9H,1-6H2/t8-,9-/m1/s1. The Bertz CT molecular complexity index is 110. The largest absolute Gasteiger partial charge is 0.0861 e. The minimum Gasteiger partial charge on any atom is -0.0861 e. The van der Waals surface area contributed by atoms with Gasteiger partial charge in [0.1, 0.15) is 0 Å². The molecule has 0 aromatic heterocycles. The summed E-state index contributed by atoms with van der Waals surface area (Å²) in [5, 5.41) is 0. The molecular weight excluding hydrogens is 235 g/mol. The topological polar surface area (TPSA) is 0 Å². The maximum absolute atomic E-state index is 2.55. The van der Waals surface area contributed by atoms with Gasteiger partial charge < -0.3 is 0 Å². The number of hydrogen-bond donors (Lipinski definition) is 0. The van der Waals surface area contributed by atoms with Crippen LogP contribution in [-0.4, -0.2) is 4.43 Å². The maximum atomic E-state index is 2.55. The molecule has 0 unspecified atom stereocenters. The van der Waals surface area contributed by atoms with Crippen LogP contribution in [0.4, 0.5) is 0 Å². The van der Waals surface area contributed by atoms with Gasteiger partial charge in [0, 0.05) is 4.43 Å². The van der Waals surface area contributed by atoms with Gasteiger partial charge in [-0.15, -0.1) is 0 Å². The predicted octanol–water partition coefficient (Wildman–Crippen LogP) is 3.25. The molecule has 0 heterocycles. The first-order valence-electron chi connectivity index (χ1n) is 4.46. The van der Waals surface area contributed by atoms with Gasteiger partial charge in [-0.05, 0) is 30.6 Å². The van der Waals surface area contributed by atoms with E-state index in [1.165, 1.54) is 10.8 Å². The lowest BCUT2D eigenvalue weighted by Gasteiger charge is -2.04. The Hall–Kier alpha value is 0.730. The molecule has 2 rings (SSSR count). The van der Waals surface area contributed by atoms with Crippen LogP contribution in [0.2, 0.25) is 0 Å². The van der Waals surface area contributed by atoms with E-state index >= 15 is 0 Å². The smallest absolute Gasteiger partial charge is 0.00239 e. The molecule has 0 bridgehead atoms. The summed E-state index contributed by atoms with van der Waals surface area (Å²) >= 11 is 2.55. The highest BCUT2D eigenvalue weighted by molar-refractivity contribution is 14.1. The molecule has 0 radical (unpaired) electrons. The van der Waals surface area contributed by atoms with Crippen LogP contribution >= 0.6 is 22.6 Å². The SMILES string of the molecule is ICC1C[C@H]2CCC[C@@H]2C1. The van der Waals surface area contributed by atoms with E-state index < -0.39 is 0 Å². The van der Waals surface area contributed by atoms with Gasteiger partial charge in [0.2, 0.25) is 0 Å². The van der Waals surface area contributed by atoms with Crippen LogP contribution in [0.1, 0.15) is 32.1 Å². The van der Waals surface area contributed by atoms with E-state index in [1.54, 1.807) is 25.7 Å². The molecule has 0 aromatic carbocycles. The highest BCUT2D eigenvalue weighted by Gasteiger charge is 2.36. The summed E-state index contributed by atoms with van der Waals surface area (Å²) in [4.78, 5) is 0. The Balaban J connectivity index is 1.94. The highest BCUT2D eigenvalue weighted by atomic mass is 127. The first-order chi connectivity index (χ1) is 4.90. The number of hydrogen-bond acceptors (Lipinski definition) is 0. The van der Waals surface area contributed by atoms with Gasteiger partial charge in [-0.2, -0.15) is 0 Å². The minimum atomic E-state index is 1.09. The number of halogens is 1. The lowest BCUT2D eigenvalue weighted by molar-refractivity contribution is 0.457. The van der Waals surface area contributed by atoms with Crippen molar-refractivity contribution in [2.75, 3.05) is 4.43 Å². The van der Waals surface area contributed by atoms with Crippen LogP contribution in [0.5, 0.6) is 0 Å². The first kappa shape index (κ1) is 7.38. The second-order valence-electron chi connectivity index (χ2n) is 3.94. The molecule has 2 aliphatic carbocycles. The van der Waals surface area contributed by atoms with Crippen molar-refractivity contribution >= 4 is 22.6 Å². The number of alkyl halides is 1. The van der Waals surface area contributed by atoms with Crippen molar-refractivity contribution in [3.05, 3.63) is 0 Å². The van der Waals surface area contributed by atoms with E-state index in [0.717, 1.165) is 17.8 Å². The molecule has 2 atom stereocenters. The van der Waals surface area contributed by atoms with Gasteiger partial charge in [-0.3, -0.25) is 0 Å². The molecule has 2 saturated carbocycles. The number of fused-ring (bicyclic) bond motifs is 1. The first-order valence-corrected chi connectivity index (χ1v) is 5.98.